The molecule has 34 heavy (non-hydrogen) atoms. The van der Waals surface area contributed by atoms with E-state index in [1.165, 1.54) is 6.20 Å². The Bertz CT molecular complexity index is 1300. The zero-order valence-electron chi connectivity index (χ0n) is 19.7. The van der Waals surface area contributed by atoms with E-state index in [1.54, 1.807) is 30.2 Å². The highest BCUT2D eigenvalue weighted by molar-refractivity contribution is 5.97. The number of carbonyl (C=O) groups excluding carboxylic acids is 1. The number of pyridine rings is 1. The molecule has 0 bridgehead atoms. The first-order valence-corrected chi connectivity index (χ1v) is 11.2. The molecule has 1 saturated carbocycles. The Hall–Kier alpha value is -3.54. The van der Waals surface area contributed by atoms with Crippen molar-refractivity contribution in [1.82, 2.24) is 9.88 Å². The maximum atomic E-state index is 15.5. The lowest BCUT2D eigenvalue weighted by atomic mass is 10.0. The molecule has 2 fully saturated rings. The Morgan fingerprint density at radius 1 is 1.35 bits per heavy atom. The Morgan fingerprint density at radius 2 is 2.03 bits per heavy atom. The van der Waals surface area contributed by atoms with Gasteiger partial charge in [0.2, 0.25) is 5.43 Å². The Morgan fingerprint density at radius 3 is 2.59 bits per heavy atom. The van der Waals surface area contributed by atoms with Gasteiger partial charge in [-0.15, -0.1) is 6.42 Å². The molecular weight excluding hydrogens is 441 g/mol. The minimum atomic E-state index is -1.36. The summed E-state index contributed by atoms with van der Waals surface area (Å²) in [6.45, 7) is 7.87. The van der Waals surface area contributed by atoms with Gasteiger partial charge in [0.15, 0.2) is 0 Å². The number of ether oxygens (including phenoxy) is 1. The van der Waals surface area contributed by atoms with Crippen LogP contribution in [0.4, 0.5) is 14.9 Å². The van der Waals surface area contributed by atoms with Crippen LogP contribution in [0, 0.1) is 18.2 Å². The minimum Gasteiger partial charge on any atom is -0.477 e. The number of hydrogen-bond acceptors (Lipinski definition) is 5. The van der Waals surface area contributed by atoms with Gasteiger partial charge in [-0.1, -0.05) is 5.92 Å². The number of rotatable bonds is 4. The van der Waals surface area contributed by atoms with Crippen LogP contribution in [0.3, 0.4) is 0 Å². The zero-order chi connectivity index (χ0) is 25.0. The third kappa shape index (κ3) is 4.32. The van der Waals surface area contributed by atoms with Crippen LogP contribution < -0.4 is 15.6 Å². The second kappa shape index (κ2) is 8.05. The number of halogens is 1. The van der Waals surface area contributed by atoms with Gasteiger partial charge in [0.1, 0.15) is 17.0 Å². The van der Waals surface area contributed by atoms with E-state index in [4.69, 9.17) is 11.2 Å². The molecule has 1 aliphatic heterocycles. The van der Waals surface area contributed by atoms with E-state index >= 15 is 4.39 Å². The molecule has 1 aliphatic carbocycles. The first kappa shape index (κ1) is 23.6. The van der Waals surface area contributed by atoms with E-state index in [9.17, 15) is 19.5 Å². The maximum absolute atomic E-state index is 15.5. The number of nitrogens with one attached hydrogen (secondary N) is 1. The van der Waals surface area contributed by atoms with Crippen LogP contribution in [0.2, 0.25) is 0 Å². The number of anilines is 1. The first-order valence-electron chi connectivity index (χ1n) is 11.2. The van der Waals surface area contributed by atoms with Crippen molar-refractivity contribution >= 4 is 28.7 Å². The van der Waals surface area contributed by atoms with Gasteiger partial charge < -0.3 is 24.6 Å². The number of alkyl carbamates (subject to hydrolysis) is 1. The number of hydrogen-bond donors (Lipinski definition) is 2. The lowest BCUT2D eigenvalue weighted by Crippen LogP contribution is -2.49. The third-order valence-corrected chi connectivity index (χ3v) is 6.15. The van der Waals surface area contributed by atoms with Crippen LogP contribution >= 0.6 is 0 Å². The van der Waals surface area contributed by atoms with Crippen molar-refractivity contribution in [3.8, 4) is 12.3 Å². The summed E-state index contributed by atoms with van der Waals surface area (Å²) in [5, 5.41) is 12.3. The smallest absolute Gasteiger partial charge is 0.408 e. The molecule has 0 spiro atoms. The van der Waals surface area contributed by atoms with Crippen molar-refractivity contribution in [3.05, 3.63) is 39.4 Å². The van der Waals surface area contributed by atoms with Crippen molar-refractivity contribution in [3.63, 3.8) is 0 Å². The summed E-state index contributed by atoms with van der Waals surface area (Å²) in [6, 6.07) is 1.08. The molecule has 2 N–H and O–H groups in total. The summed E-state index contributed by atoms with van der Waals surface area (Å²) in [4.78, 5) is 38.6. The number of aromatic nitrogens is 1. The van der Waals surface area contributed by atoms with Gasteiger partial charge in [-0.2, -0.15) is 0 Å². The molecule has 2 aliphatic rings. The predicted molar refractivity (Wildman–Crippen MR) is 126 cm³/mol. The van der Waals surface area contributed by atoms with Crippen molar-refractivity contribution in [1.29, 1.82) is 0 Å². The number of terminal acetylenes is 1. The van der Waals surface area contributed by atoms with Crippen LogP contribution in [0.25, 0.3) is 10.9 Å². The normalized spacial score (nSPS) is 20.3. The average molecular weight is 470 g/mol. The summed E-state index contributed by atoms with van der Waals surface area (Å²) < 4.78 is 22.5. The molecule has 0 radical (unpaired) electrons. The van der Waals surface area contributed by atoms with Gasteiger partial charge >= 0.3 is 12.1 Å². The van der Waals surface area contributed by atoms with Crippen LogP contribution in [0.5, 0.6) is 0 Å². The number of fused-ring (bicyclic) bond motifs is 1. The molecule has 9 heteroatoms. The third-order valence-electron chi connectivity index (χ3n) is 6.15. The van der Waals surface area contributed by atoms with Gasteiger partial charge in [-0.3, -0.25) is 4.79 Å². The number of carbonyl (C=O) groups is 2. The number of amides is 1. The molecule has 2 aromatic rings. The Labute approximate surface area is 196 Å². The molecule has 4 rings (SSSR count). The second-order valence-electron chi connectivity index (χ2n) is 10.3. The molecule has 2 heterocycles. The summed E-state index contributed by atoms with van der Waals surface area (Å²) in [5.41, 5.74) is -1.77. The molecule has 1 unspecified atom stereocenters. The molecule has 1 atom stereocenters. The van der Waals surface area contributed by atoms with Gasteiger partial charge in [0.05, 0.1) is 27.7 Å². The molecular formula is C25H28FN3O5. The fraction of sp³-hybridized carbons (Fsp3) is 0.480. The monoisotopic (exact) mass is 469 g/mol. The first-order chi connectivity index (χ1) is 15.8. The van der Waals surface area contributed by atoms with E-state index in [-0.39, 0.29) is 29.2 Å². The molecule has 8 nitrogen and oxygen atoms in total. The van der Waals surface area contributed by atoms with E-state index in [0.717, 1.165) is 18.9 Å². The fourth-order valence-corrected chi connectivity index (χ4v) is 4.52. The number of nitrogens with zero attached hydrogens (tertiary/aromatic N) is 2. The fourth-order valence-electron chi connectivity index (χ4n) is 4.52. The van der Waals surface area contributed by atoms with Gasteiger partial charge in [-0.05, 0) is 53.0 Å². The average Bonchev–Trinajstić information content (AvgIpc) is 3.48. The van der Waals surface area contributed by atoms with Crippen molar-refractivity contribution in [2.75, 3.05) is 18.0 Å². The molecule has 1 aromatic carbocycles. The molecule has 1 saturated heterocycles. The van der Waals surface area contributed by atoms with Crippen molar-refractivity contribution in [2.45, 2.75) is 64.1 Å². The van der Waals surface area contributed by atoms with Gasteiger partial charge in [-0.25, -0.2) is 14.0 Å². The van der Waals surface area contributed by atoms with E-state index in [0.29, 0.717) is 18.5 Å². The quantitative estimate of drug-likeness (QED) is 0.663. The number of carboxylic acid groups (broad SMARTS) is 1. The van der Waals surface area contributed by atoms with E-state index in [1.807, 2.05) is 6.92 Å². The van der Waals surface area contributed by atoms with Crippen LogP contribution in [-0.4, -0.2) is 46.0 Å². The highest BCUT2D eigenvalue weighted by Crippen LogP contribution is 2.41. The SMILES string of the molecule is C#Cc1c(N2CCC(C)(NC(=O)OC(C)(C)C)C2)c(F)cc2c(=O)c(C(=O)O)cn(C3CC3)c12. The van der Waals surface area contributed by atoms with E-state index < -0.39 is 40.0 Å². The van der Waals surface area contributed by atoms with Crippen LogP contribution in [0.1, 0.15) is 68.9 Å². The minimum absolute atomic E-state index is 0.00397. The lowest BCUT2D eigenvalue weighted by Gasteiger charge is -2.29. The van der Waals surface area contributed by atoms with Gasteiger partial charge in [0.25, 0.3) is 0 Å². The highest BCUT2D eigenvalue weighted by Gasteiger charge is 2.39. The zero-order valence-corrected chi connectivity index (χ0v) is 19.7. The summed E-state index contributed by atoms with van der Waals surface area (Å²) in [7, 11) is 0. The highest BCUT2D eigenvalue weighted by atomic mass is 19.1. The topological polar surface area (TPSA) is 101 Å². The maximum Gasteiger partial charge on any atom is 0.408 e. The standard InChI is InChI=1S/C25H28FN3O5/c1-6-15-19-16(21(30)17(22(31)32)12-29(19)14-7-8-14)11-18(26)20(15)28-10-9-25(5,13-28)27-23(33)34-24(2,3)4/h1,11-12,14H,7-10,13H2,2-5H3,(H,27,33)(H,31,32). The number of aromatic carboxylic acids is 1. The van der Waals surface area contributed by atoms with E-state index in [2.05, 4.69) is 11.2 Å². The summed E-state index contributed by atoms with van der Waals surface area (Å²) in [5.74, 6) is 0.485. The van der Waals surface area contributed by atoms with Crippen LogP contribution in [-0.2, 0) is 4.74 Å². The summed E-state index contributed by atoms with van der Waals surface area (Å²) >= 11 is 0. The Kier molecular flexibility index (Phi) is 5.59. The summed E-state index contributed by atoms with van der Waals surface area (Å²) in [6.07, 6.45) is 8.75. The van der Waals surface area contributed by atoms with Crippen molar-refractivity contribution < 1.29 is 23.8 Å². The number of carboxylic acids is 1. The predicted octanol–water partition coefficient (Wildman–Crippen LogP) is 3.65. The largest absolute Gasteiger partial charge is 0.477 e. The molecule has 180 valence electrons. The van der Waals surface area contributed by atoms with Gasteiger partial charge in [0, 0.05) is 25.3 Å². The Balaban J connectivity index is 1.78. The molecule has 1 aromatic heterocycles. The van der Waals surface area contributed by atoms with Crippen molar-refractivity contribution in [2.24, 2.45) is 0 Å². The number of benzene rings is 1. The molecule has 1 amide bonds. The van der Waals surface area contributed by atoms with Crippen LogP contribution in [0.15, 0.2) is 17.1 Å². The second-order valence-corrected chi connectivity index (χ2v) is 10.3. The lowest BCUT2D eigenvalue weighted by molar-refractivity contribution is 0.0473.